The number of aromatic nitrogens is 2. The van der Waals surface area contributed by atoms with E-state index in [1.165, 1.54) is 10.9 Å². The molecule has 2 atom stereocenters. The van der Waals surface area contributed by atoms with Crippen LogP contribution in [-0.4, -0.2) is 50.6 Å². The largest absolute Gasteiger partial charge is 0.493 e. The monoisotopic (exact) mass is 259 g/mol. The zero-order valence-electron chi connectivity index (χ0n) is 9.98. The molecular formula is C10H17N3O5. The van der Waals surface area contributed by atoms with Gasteiger partial charge in [-0.3, -0.25) is 9.36 Å². The number of imidazole rings is 1. The average Bonchev–Trinajstić information content (AvgIpc) is 2.97. The van der Waals surface area contributed by atoms with Gasteiger partial charge in [-0.25, -0.2) is 4.98 Å². The second-order valence-electron chi connectivity index (χ2n) is 3.66. The van der Waals surface area contributed by atoms with Crippen LogP contribution in [0.4, 0.5) is 0 Å². The fraction of sp³-hybridized carbons (Fsp3) is 0.600. The van der Waals surface area contributed by atoms with Crippen LogP contribution in [-0.2, 0) is 4.74 Å². The second kappa shape index (κ2) is 6.34. The number of carbonyl (C=O) groups is 1. The van der Waals surface area contributed by atoms with Crippen LogP contribution >= 0.6 is 0 Å². The summed E-state index contributed by atoms with van der Waals surface area (Å²) in [7, 11) is 1.00. The summed E-state index contributed by atoms with van der Waals surface area (Å²) in [5, 5.41) is 25.6. The molecule has 5 N–H and O–H groups in total. The third kappa shape index (κ3) is 2.78. The Hall–Kier alpha value is -1.64. The number of primary amides is 1. The molecule has 8 heteroatoms. The number of aliphatic hydroxyl groups excluding tert-OH is 2. The minimum absolute atomic E-state index is 0.0609. The zero-order valence-corrected chi connectivity index (χ0v) is 9.98. The van der Waals surface area contributed by atoms with Gasteiger partial charge in [-0.05, 0) is 12.8 Å². The number of aromatic hydroxyl groups is 1. The van der Waals surface area contributed by atoms with E-state index >= 15 is 0 Å². The van der Waals surface area contributed by atoms with Crippen molar-refractivity contribution in [2.24, 2.45) is 5.73 Å². The number of hydrogen-bond acceptors (Lipinski definition) is 6. The van der Waals surface area contributed by atoms with Gasteiger partial charge in [0.2, 0.25) is 5.88 Å². The highest BCUT2D eigenvalue weighted by Crippen LogP contribution is 2.31. The number of rotatable bonds is 3. The van der Waals surface area contributed by atoms with Crippen LogP contribution in [0.3, 0.4) is 0 Å². The fourth-order valence-electron chi connectivity index (χ4n) is 1.76. The molecule has 1 amide bonds. The number of aliphatic hydroxyl groups is 2. The molecule has 2 rings (SSSR count). The Morgan fingerprint density at radius 2 is 2.28 bits per heavy atom. The summed E-state index contributed by atoms with van der Waals surface area (Å²) < 4.78 is 6.77. The first-order valence-corrected chi connectivity index (χ1v) is 5.40. The molecule has 2 heterocycles. The maximum absolute atomic E-state index is 10.9. The van der Waals surface area contributed by atoms with Crippen molar-refractivity contribution in [1.29, 1.82) is 0 Å². The minimum Gasteiger partial charge on any atom is -0.493 e. The van der Waals surface area contributed by atoms with Crippen molar-refractivity contribution >= 4 is 5.91 Å². The molecule has 1 aromatic heterocycles. The summed E-state index contributed by atoms with van der Waals surface area (Å²) in [6.45, 7) is -0.0609. The minimum atomic E-state index is -0.784. The van der Waals surface area contributed by atoms with E-state index in [2.05, 4.69) is 4.98 Å². The van der Waals surface area contributed by atoms with E-state index in [4.69, 9.17) is 20.7 Å². The Bertz CT molecular complexity index is 406. The van der Waals surface area contributed by atoms with Crippen molar-refractivity contribution in [3.05, 3.63) is 12.0 Å². The van der Waals surface area contributed by atoms with Crippen molar-refractivity contribution in [3.8, 4) is 5.88 Å². The predicted molar refractivity (Wildman–Crippen MR) is 60.8 cm³/mol. The van der Waals surface area contributed by atoms with Crippen LogP contribution in [0, 0.1) is 0 Å². The fourth-order valence-corrected chi connectivity index (χ4v) is 1.76. The molecule has 0 saturated carbocycles. The molecule has 1 fully saturated rings. The van der Waals surface area contributed by atoms with Crippen molar-refractivity contribution < 1.29 is 24.9 Å². The van der Waals surface area contributed by atoms with Gasteiger partial charge in [0, 0.05) is 7.11 Å². The van der Waals surface area contributed by atoms with Crippen LogP contribution in [0.5, 0.6) is 5.88 Å². The molecule has 0 radical (unpaired) electrons. The van der Waals surface area contributed by atoms with Gasteiger partial charge < -0.3 is 25.8 Å². The van der Waals surface area contributed by atoms with E-state index in [0.717, 1.165) is 7.11 Å². The third-order valence-electron chi connectivity index (χ3n) is 2.60. The lowest BCUT2D eigenvalue weighted by atomic mass is 10.2. The van der Waals surface area contributed by atoms with E-state index < -0.39 is 12.1 Å². The van der Waals surface area contributed by atoms with Crippen LogP contribution in [0.25, 0.3) is 0 Å². The number of ether oxygens (including phenoxy) is 1. The van der Waals surface area contributed by atoms with Gasteiger partial charge in [-0.1, -0.05) is 0 Å². The van der Waals surface area contributed by atoms with Crippen LogP contribution in [0.2, 0.25) is 0 Å². The highest BCUT2D eigenvalue weighted by atomic mass is 16.5. The summed E-state index contributed by atoms with van der Waals surface area (Å²) in [4.78, 5) is 14.6. The van der Waals surface area contributed by atoms with Gasteiger partial charge in [0.1, 0.15) is 12.6 Å². The van der Waals surface area contributed by atoms with E-state index in [1.807, 2.05) is 0 Å². The zero-order chi connectivity index (χ0) is 13.7. The lowest BCUT2D eigenvalue weighted by Gasteiger charge is -2.13. The molecule has 0 spiro atoms. The van der Waals surface area contributed by atoms with E-state index in [0.29, 0.717) is 12.8 Å². The standard InChI is InChI=1S/C9H13N3O4.CH4O/c10-8(14)7-9(15)12(4-11-7)6-2-1-5(3-13)16-6;1-2/h4-6,13,15H,1-3H2,(H2,10,14);2H,1H3. The highest BCUT2D eigenvalue weighted by molar-refractivity contribution is 5.92. The summed E-state index contributed by atoms with van der Waals surface area (Å²) >= 11 is 0. The van der Waals surface area contributed by atoms with Crippen molar-refractivity contribution in [2.75, 3.05) is 13.7 Å². The number of nitrogens with two attached hydrogens (primary N) is 1. The summed E-state index contributed by atoms with van der Waals surface area (Å²) in [5.41, 5.74) is 4.85. The topological polar surface area (TPSA) is 131 Å². The van der Waals surface area contributed by atoms with Crippen molar-refractivity contribution in [1.82, 2.24) is 9.55 Å². The summed E-state index contributed by atoms with van der Waals surface area (Å²) in [5.74, 6) is -1.08. The average molecular weight is 259 g/mol. The summed E-state index contributed by atoms with van der Waals surface area (Å²) in [6, 6.07) is 0. The van der Waals surface area contributed by atoms with Gasteiger partial charge >= 0.3 is 0 Å². The molecular weight excluding hydrogens is 242 g/mol. The van der Waals surface area contributed by atoms with Crippen molar-refractivity contribution in [2.45, 2.75) is 25.2 Å². The molecule has 1 aliphatic heterocycles. The Morgan fingerprint density at radius 1 is 1.61 bits per heavy atom. The second-order valence-corrected chi connectivity index (χ2v) is 3.66. The Labute approximate surface area is 104 Å². The molecule has 2 unspecified atom stereocenters. The van der Waals surface area contributed by atoms with Crippen LogP contribution in [0.1, 0.15) is 29.6 Å². The Balaban J connectivity index is 0.000000771. The molecule has 1 aliphatic rings. The van der Waals surface area contributed by atoms with Gasteiger partial charge in [-0.2, -0.15) is 0 Å². The first-order chi connectivity index (χ1) is 8.63. The highest BCUT2D eigenvalue weighted by Gasteiger charge is 2.29. The normalized spacial score (nSPS) is 22.4. The van der Waals surface area contributed by atoms with Gasteiger partial charge in [-0.15, -0.1) is 0 Å². The van der Waals surface area contributed by atoms with Gasteiger partial charge in [0.15, 0.2) is 5.69 Å². The molecule has 1 saturated heterocycles. The van der Waals surface area contributed by atoms with E-state index in [-0.39, 0.29) is 24.3 Å². The molecule has 0 aliphatic carbocycles. The Kier molecular flexibility index (Phi) is 5.08. The van der Waals surface area contributed by atoms with Gasteiger partial charge in [0.25, 0.3) is 5.91 Å². The number of amides is 1. The summed E-state index contributed by atoms with van der Waals surface area (Å²) in [6.07, 6.45) is 2.01. The van der Waals surface area contributed by atoms with Crippen molar-refractivity contribution in [3.63, 3.8) is 0 Å². The third-order valence-corrected chi connectivity index (χ3v) is 2.60. The smallest absolute Gasteiger partial charge is 0.272 e. The van der Waals surface area contributed by atoms with Crippen LogP contribution in [0.15, 0.2) is 6.33 Å². The number of hydrogen-bond donors (Lipinski definition) is 4. The first-order valence-electron chi connectivity index (χ1n) is 5.40. The molecule has 18 heavy (non-hydrogen) atoms. The molecule has 8 nitrogen and oxygen atoms in total. The SMILES string of the molecule is CO.NC(=O)c1ncn(C2CCC(CO)O2)c1O. The molecule has 1 aromatic rings. The quantitative estimate of drug-likeness (QED) is 0.548. The lowest BCUT2D eigenvalue weighted by molar-refractivity contribution is -0.0251. The Morgan fingerprint density at radius 3 is 2.72 bits per heavy atom. The van der Waals surface area contributed by atoms with E-state index in [9.17, 15) is 9.90 Å². The number of carbonyl (C=O) groups excluding carboxylic acids is 1. The number of nitrogens with zero attached hydrogens (tertiary/aromatic N) is 2. The lowest BCUT2D eigenvalue weighted by Crippen LogP contribution is -2.14. The molecule has 102 valence electrons. The first kappa shape index (κ1) is 14.4. The maximum atomic E-state index is 10.9. The van der Waals surface area contributed by atoms with E-state index in [1.54, 1.807) is 0 Å². The molecule has 0 bridgehead atoms. The predicted octanol–water partition coefficient (Wildman–Crippen LogP) is -1.03. The maximum Gasteiger partial charge on any atom is 0.272 e. The van der Waals surface area contributed by atoms with Gasteiger partial charge in [0.05, 0.1) is 12.7 Å². The van der Waals surface area contributed by atoms with Crippen LogP contribution < -0.4 is 5.73 Å². The molecule has 0 aromatic carbocycles.